The first kappa shape index (κ1) is 15.1. The average molecular weight is 273 g/mol. The molecule has 0 radical (unpaired) electrons. The van der Waals surface area contributed by atoms with Gasteiger partial charge in [0.1, 0.15) is 0 Å². The number of hydrogen-bond acceptors (Lipinski definition) is 1. The van der Waals surface area contributed by atoms with Gasteiger partial charge in [-0.1, -0.05) is 31.4 Å². The number of carbonyl (C=O) groups excluding carboxylic acids is 1. The van der Waals surface area contributed by atoms with Gasteiger partial charge in [-0.05, 0) is 62.8 Å². The molecule has 1 fully saturated rings. The largest absolute Gasteiger partial charge is 0.349 e. The molecule has 20 heavy (non-hydrogen) atoms. The molecule has 0 aromatic heterocycles. The number of amides is 1. The number of aryl methyl sites for hydroxylation is 3. The molecule has 2 rings (SSSR count). The summed E-state index contributed by atoms with van der Waals surface area (Å²) in [6.07, 6.45) is 5.81. The normalized spacial score (nSPS) is 17.8. The third-order valence-electron chi connectivity index (χ3n) is 4.68. The van der Waals surface area contributed by atoms with Crippen molar-refractivity contribution in [3.05, 3.63) is 34.4 Å². The van der Waals surface area contributed by atoms with Gasteiger partial charge in [0.25, 0.3) is 0 Å². The van der Waals surface area contributed by atoms with Crippen molar-refractivity contribution >= 4 is 5.91 Å². The molecule has 1 aliphatic rings. The van der Waals surface area contributed by atoms with Crippen LogP contribution in [0, 0.1) is 26.7 Å². The van der Waals surface area contributed by atoms with Crippen molar-refractivity contribution in [1.29, 1.82) is 0 Å². The molecular weight excluding hydrogens is 246 g/mol. The van der Waals surface area contributed by atoms with Gasteiger partial charge in [0, 0.05) is 5.92 Å². The summed E-state index contributed by atoms with van der Waals surface area (Å²) in [6, 6.07) is 4.54. The fourth-order valence-electron chi connectivity index (χ4n) is 3.22. The van der Waals surface area contributed by atoms with Gasteiger partial charge in [-0.25, -0.2) is 0 Å². The van der Waals surface area contributed by atoms with E-state index in [-0.39, 0.29) is 17.9 Å². The van der Waals surface area contributed by atoms with E-state index in [1.54, 1.807) is 0 Å². The maximum atomic E-state index is 12.3. The Morgan fingerprint density at radius 3 is 2.30 bits per heavy atom. The molecular formula is C18H27NO. The second-order valence-corrected chi connectivity index (χ2v) is 6.36. The van der Waals surface area contributed by atoms with E-state index in [9.17, 15) is 4.79 Å². The summed E-state index contributed by atoms with van der Waals surface area (Å²) < 4.78 is 0. The Hall–Kier alpha value is -1.31. The van der Waals surface area contributed by atoms with Crippen LogP contribution in [0.1, 0.15) is 67.3 Å². The first-order valence-corrected chi connectivity index (χ1v) is 7.87. The third kappa shape index (κ3) is 3.41. The van der Waals surface area contributed by atoms with Gasteiger partial charge in [-0.2, -0.15) is 0 Å². The average Bonchev–Trinajstić information content (AvgIpc) is 2.43. The summed E-state index contributed by atoms with van der Waals surface area (Å²) in [7, 11) is 0. The molecule has 1 atom stereocenters. The lowest BCUT2D eigenvalue weighted by atomic mass is 9.88. The first-order chi connectivity index (χ1) is 9.49. The van der Waals surface area contributed by atoms with Gasteiger partial charge < -0.3 is 5.32 Å². The maximum absolute atomic E-state index is 12.3. The quantitative estimate of drug-likeness (QED) is 0.870. The second kappa shape index (κ2) is 6.43. The molecule has 110 valence electrons. The van der Waals surface area contributed by atoms with Gasteiger partial charge in [0.05, 0.1) is 6.04 Å². The molecule has 0 heterocycles. The lowest BCUT2D eigenvalue weighted by Gasteiger charge is -2.24. The van der Waals surface area contributed by atoms with E-state index in [1.807, 2.05) is 0 Å². The van der Waals surface area contributed by atoms with E-state index in [0.29, 0.717) is 0 Å². The molecule has 1 aromatic rings. The zero-order chi connectivity index (χ0) is 14.7. The van der Waals surface area contributed by atoms with E-state index in [1.165, 1.54) is 41.5 Å². The van der Waals surface area contributed by atoms with Gasteiger partial charge in [-0.15, -0.1) is 0 Å². The van der Waals surface area contributed by atoms with Crippen LogP contribution in [0.15, 0.2) is 12.1 Å². The lowest BCUT2D eigenvalue weighted by Crippen LogP contribution is -2.34. The van der Waals surface area contributed by atoms with Crippen molar-refractivity contribution in [1.82, 2.24) is 5.32 Å². The molecule has 0 aliphatic heterocycles. The van der Waals surface area contributed by atoms with Gasteiger partial charge in [0.15, 0.2) is 0 Å². The van der Waals surface area contributed by atoms with Gasteiger partial charge in [-0.3, -0.25) is 4.79 Å². The topological polar surface area (TPSA) is 29.1 Å². The predicted molar refractivity (Wildman–Crippen MR) is 83.8 cm³/mol. The Bertz CT molecular complexity index is 486. The number of carbonyl (C=O) groups is 1. The van der Waals surface area contributed by atoms with Crippen molar-refractivity contribution < 1.29 is 4.79 Å². The van der Waals surface area contributed by atoms with Crippen LogP contribution in [0.5, 0.6) is 0 Å². The Labute approximate surface area is 123 Å². The zero-order valence-corrected chi connectivity index (χ0v) is 13.3. The highest BCUT2D eigenvalue weighted by molar-refractivity contribution is 5.79. The highest BCUT2D eigenvalue weighted by Gasteiger charge is 2.23. The lowest BCUT2D eigenvalue weighted by molar-refractivity contribution is -0.126. The maximum Gasteiger partial charge on any atom is 0.223 e. The van der Waals surface area contributed by atoms with Crippen LogP contribution in [-0.2, 0) is 4.79 Å². The van der Waals surface area contributed by atoms with Crippen LogP contribution in [0.3, 0.4) is 0 Å². The van der Waals surface area contributed by atoms with Crippen LogP contribution in [0.4, 0.5) is 0 Å². The van der Waals surface area contributed by atoms with E-state index in [2.05, 4.69) is 45.1 Å². The summed E-state index contributed by atoms with van der Waals surface area (Å²) in [5.74, 6) is 0.480. The summed E-state index contributed by atoms with van der Waals surface area (Å²) in [5, 5.41) is 3.21. The van der Waals surface area contributed by atoms with Crippen LogP contribution in [0.2, 0.25) is 0 Å². The van der Waals surface area contributed by atoms with E-state index >= 15 is 0 Å². The van der Waals surface area contributed by atoms with Crippen molar-refractivity contribution in [2.75, 3.05) is 0 Å². The predicted octanol–water partition coefficient (Wildman–Crippen LogP) is 4.37. The summed E-state index contributed by atoms with van der Waals surface area (Å²) in [4.78, 5) is 12.3. The molecule has 1 aromatic carbocycles. The Balaban J connectivity index is 2.05. The van der Waals surface area contributed by atoms with Gasteiger partial charge >= 0.3 is 0 Å². The SMILES string of the molecule is Cc1cc(C)c([C@H](C)NC(=O)C2CCCCC2)cc1C. The molecule has 2 heteroatoms. The molecule has 2 nitrogen and oxygen atoms in total. The highest BCUT2D eigenvalue weighted by Crippen LogP contribution is 2.26. The molecule has 1 aliphatic carbocycles. The van der Waals surface area contributed by atoms with E-state index in [4.69, 9.17) is 0 Å². The highest BCUT2D eigenvalue weighted by atomic mass is 16.1. The second-order valence-electron chi connectivity index (χ2n) is 6.36. The Kier molecular flexibility index (Phi) is 4.85. The van der Waals surface area contributed by atoms with Crippen molar-refractivity contribution in [2.24, 2.45) is 5.92 Å². The van der Waals surface area contributed by atoms with E-state index < -0.39 is 0 Å². The fraction of sp³-hybridized carbons (Fsp3) is 0.611. The Morgan fingerprint density at radius 1 is 1.05 bits per heavy atom. The van der Waals surface area contributed by atoms with Crippen molar-refractivity contribution in [2.45, 2.75) is 65.8 Å². The molecule has 1 saturated carbocycles. The van der Waals surface area contributed by atoms with Crippen molar-refractivity contribution in [3.8, 4) is 0 Å². The van der Waals surface area contributed by atoms with Crippen molar-refractivity contribution in [3.63, 3.8) is 0 Å². The molecule has 0 unspecified atom stereocenters. The van der Waals surface area contributed by atoms with Crippen LogP contribution in [0.25, 0.3) is 0 Å². The molecule has 1 N–H and O–H groups in total. The first-order valence-electron chi connectivity index (χ1n) is 7.87. The standard InChI is InChI=1S/C18H27NO/c1-12-10-14(3)17(11-13(12)2)15(4)19-18(20)16-8-6-5-7-9-16/h10-11,15-16H,5-9H2,1-4H3,(H,19,20)/t15-/m0/s1. The number of hydrogen-bond donors (Lipinski definition) is 1. The minimum atomic E-state index is 0.101. The number of nitrogens with one attached hydrogen (secondary N) is 1. The zero-order valence-electron chi connectivity index (χ0n) is 13.3. The van der Waals surface area contributed by atoms with Crippen LogP contribution >= 0.6 is 0 Å². The van der Waals surface area contributed by atoms with E-state index in [0.717, 1.165) is 12.8 Å². The minimum absolute atomic E-state index is 0.101. The monoisotopic (exact) mass is 273 g/mol. The Morgan fingerprint density at radius 2 is 1.65 bits per heavy atom. The van der Waals surface area contributed by atoms with Gasteiger partial charge in [0.2, 0.25) is 5.91 Å². The van der Waals surface area contributed by atoms with Crippen LogP contribution in [-0.4, -0.2) is 5.91 Å². The summed E-state index contributed by atoms with van der Waals surface area (Å²) in [5.41, 5.74) is 5.13. The smallest absolute Gasteiger partial charge is 0.223 e. The minimum Gasteiger partial charge on any atom is -0.349 e. The fourth-order valence-corrected chi connectivity index (χ4v) is 3.22. The third-order valence-corrected chi connectivity index (χ3v) is 4.68. The number of rotatable bonds is 3. The molecule has 0 saturated heterocycles. The number of benzene rings is 1. The molecule has 1 amide bonds. The molecule has 0 bridgehead atoms. The molecule has 0 spiro atoms. The van der Waals surface area contributed by atoms with Crippen LogP contribution < -0.4 is 5.32 Å². The summed E-state index contributed by atoms with van der Waals surface area (Å²) in [6.45, 7) is 8.49. The summed E-state index contributed by atoms with van der Waals surface area (Å²) >= 11 is 0.